The number of pyridine rings is 1. The number of amides is 2. The highest BCUT2D eigenvalue weighted by Crippen LogP contribution is 2.14. The zero-order valence-electron chi connectivity index (χ0n) is 11.6. The van der Waals surface area contributed by atoms with Gasteiger partial charge in [-0.1, -0.05) is 0 Å². The molecule has 106 valence electrons. The molecule has 20 heavy (non-hydrogen) atoms. The van der Waals surface area contributed by atoms with Crippen LogP contribution in [0, 0.1) is 0 Å². The van der Waals surface area contributed by atoms with Gasteiger partial charge in [-0.2, -0.15) is 5.10 Å². The smallest absolute Gasteiger partial charge is 0.319 e. The van der Waals surface area contributed by atoms with E-state index in [1.165, 1.54) is 0 Å². The number of rotatable bonds is 5. The van der Waals surface area contributed by atoms with E-state index in [9.17, 15) is 4.79 Å². The minimum Gasteiger partial charge on any atom is -0.376 e. The molecule has 2 rings (SSSR count). The predicted molar refractivity (Wildman–Crippen MR) is 77.9 cm³/mol. The van der Waals surface area contributed by atoms with Crippen molar-refractivity contribution in [3.8, 4) is 0 Å². The molecule has 0 radical (unpaired) electrons. The molecular formula is C13H18N6O. The molecule has 0 spiro atoms. The second kappa shape index (κ2) is 6.55. The Morgan fingerprint density at radius 1 is 1.35 bits per heavy atom. The number of nitrogens with zero attached hydrogens (tertiary/aromatic N) is 3. The van der Waals surface area contributed by atoms with Gasteiger partial charge in [0.05, 0.1) is 30.0 Å². The van der Waals surface area contributed by atoms with Gasteiger partial charge in [0, 0.05) is 26.8 Å². The fourth-order valence-electron chi connectivity index (χ4n) is 1.65. The minimum absolute atomic E-state index is 0.244. The van der Waals surface area contributed by atoms with Crippen molar-refractivity contribution in [2.24, 2.45) is 0 Å². The molecule has 0 aliphatic rings. The molecule has 2 amide bonds. The summed E-state index contributed by atoms with van der Waals surface area (Å²) >= 11 is 0. The summed E-state index contributed by atoms with van der Waals surface area (Å²) in [6.07, 6.45) is 7.64. The molecule has 0 aliphatic carbocycles. The van der Waals surface area contributed by atoms with Crippen LogP contribution in [0.25, 0.3) is 0 Å². The van der Waals surface area contributed by atoms with E-state index in [-0.39, 0.29) is 6.03 Å². The van der Waals surface area contributed by atoms with Gasteiger partial charge in [-0.3, -0.25) is 10.1 Å². The monoisotopic (exact) mass is 274 g/mol. The van der Waals surface area contributed by atoms with Crippen LogP contribution < -0.4 is 15.5 Å². The predicted octanol–water partition coefficient (Wildman–Crippen LogP) is 1.23. The van der Waals surface area contributed by atoms with Crippen LogP contribution >= 0.6 is 0 Å². The van der Waals surface area contributed by atoms with Gasteiger partial charge in [0.15, 0.2) is 0 Å². The summed E-state index contributed by atoms with van der Waals surface area (Å²) in [5, 5.41) is 12.1. The van der Waals surface area contributed by atoms with Crippen molar-refractivity contribution in [3.05, 3.63) is 36.4 Å². The molecule has 0 fully saturated rings. The number of nitrogens with one attached hydrogen (secondary N) is 3. The third kappa shape index (κ3) is 3.98. The average molecular weight is 274 g/mol. The number of carbonyl (C=O) groups excluding carboxylic acids is 1. The fraction of sp³-hybridized carbons (Fsp3) is 0.308. The van der Waals surface area contributed by atoms with Gasteiger partial charge >= 0.3 is 6.03 Å². The summed E-state index contributed by atoms with van der Waals surface area (Å²) < 4.78 is 0. The zero-order valence-corrected chi connectivity index (χ0v) is 11.6. The molecule has 0 saturated heterocycles. The third-order valence-corrected chi connectivity index (χ3v) is 2.75. The number of hydrogen-bond donors (Lipinski definition) is 3. The van der Waals surface area contributed by atoms with Crippen LogP contribution in [0.2, 0.25) is 0 Å². The molecule has 3 N–H and O–H groups in total. The molecule has 0 atom stereocenters. The van der Waals surface area contributed by atoms with E-state index >= 15 is 0 Å². The first-order valence-corrected chi connectivity index (χ1v) is 6.30. The maximum absolute atomic E-state index is 11.7. The lowest BCUT2D eigenvalue weighted by atomic mass is 10.2. The lowest BCUT2D eigenvalue weighted by Crippen LogP contribution is -2.30. The molecule has 2 aromatic heterocycles. The molecule has 0 aromatic carbocycles. The standard InChI is InChI=1S/C13H18N6O/c1-19(2)12-5-11(8-14-9-12)18-13(20)15-4-3-10-6-16-17-7-10/h5-9H,3-4H2,1-2H3,(H,16,17)(H2,15,18,20). The van der Waals surface area contributed by atoms with Crippen molar-refractivity contribution < 1.29 is 4.79 Å². The maximum atomic E-state index is 11.7. The van der Waals surface area contributed by atoms with Crippen LogP contribution in [0.3, 0.4) is 0 Å². The second-order valence-electron chi connectivity index (χ2n) is 4.56. The molecule has 7 nitrogen and oxygen atoms in total. The summed E-state index contributed by atoms with van der Waals surface area (Å²) in [5.41, 5.74) is 2.65. The number of aromatic amines is 1. The number of anilines is 2. The largest absolute Gasteiger partial charge is 0.376 e. The Hall–Kier alpha value is -2.57. The topological polar surface area (TPSA) is 85.9 Å². The van der Waals surface area contributed by atoms with Gasteiger partial charge in [0.25, 0.3) is 0 Å². The van der Waals surface area contributed by atoms with Crippen molar-refractivity contribution in [1.82, 2.24) is 20.5 Å². The molecule has 7 heteroatoms. The van der Waals surface area contributed by atoms with E-state index in [1.54, 1.807) is 18.6 Å². The van der Waals surface area contributed by atoms with Crippen molar-refractivity contribution in [3.63, 3.8) is 0 Å². The van der Waals surface area contributed by atoms with Crippen LogP contribution in [-0.4, -0.2) is 41.9 Å². The van der Waals surface area contributed by atoms with Gasteiger partial charge < -0.3 is 15.5 Å². The van der Waals surface area contributed by atoms with E-state index in [1.807, 2.05) is 31.3 Å². The van der Waals surface area contributed by atoms with Gasteiger partial charge in [0.1, 0.15) is 0 Å². The first-order valence-electron chi connectivity index (χ1n) is 6.30. The molecule has 2 heterocycles. The van der Waals surface area contributed by atoms with E-state index in [4.69, 9.17) is 0 Å². The van der Waals surface area contributed by atoms with Crippen LogP contribution in [0.5, 0.6) is 0 Å². The number of urea groups is 1. The van der Waals surface area contributed by atoms with E-state index in [0.717, 1.165) is 17.7 Å². The van der Waals surface area contributed by atoms with Crippen LogP contribution in [-0.2, 0) is 6.42 Å². The summed E-state index contributed by atoms with van der Waals surface area (Å²) in [5.74, 6) is 0. The Labute approximate surface area is 117 Å². The van der Waals surface area contributed by atoms with Gasteiger partial charge in [-0.05, 0) is 18.1 Å². The number of aromatic nitrogens is 3. The first kappa shape index (κ1) is 13.9. The lowest BCUT2D eigenvalue weighted by Gasteiger charge is -2.13. The highest BCUT2D eigenvalue weighted by molar-refractivity contribution is 5.89. The Kier molecular flexibility index (Phi) is 4.54. The van der Waals surface area contributed by atoms with Crippen LogP contribution in [0.4, 0.5) is 16.2 Å². The average Bonchev–Trinajstić information content (AvgIpc) is 2.92. The summed E-state index contributed by atoms with van der Waals surface area (Å²) in [6, 6.07) is 1.62. The molecular weight excluding hydrogens is 256 g/mol. The Morgan fingerprint density at radius 3 is 2.90 bits per heavy atom. The fourth-order valence-corrected chi connectivity index (χ4v) is 1.65. The Morgan fingerprint density at radius 2 is 2.20 bits per heavy atom. The number of hydrogen-bond acceptors (Lipinski definition) is 4. The first-order chi connectivity index (χ1) is 9.65. The summed E-state index contributed by atoms with van der Waals surface area (Å²) in [4.78, 5) is 17.7. The van der Waals surface area contributed by atoms with E-state index in [2.05, 4.69) is 25.8 Å². The lowest BCUT2D eigenvalue weighted by molar-refractivity contribution is 0.252. The number of H-pyrrole nitrogens is 1. The minimum atomic E-state index is -0.244. The quantitative estimate of drug-likeness (QED) is 0.765. The summed E-state index contributed by atoms with van der Waals surface area (Å²) in [6.45, 7) is 0.548. The summed E-state index contributed by atoms with van der Waals surface area (Å²) in [7, 11) is 3.84. The van der Waals surface area contributed by atoms with E-state index in [0.29, 0.717) is 12.2 Å². The third-order valence-electron chi connectivity index (χ3n) is 2.75. The number of carbonyl (C=O) groups is 1. The molecule has 0 saturated carbocycles. The van der Waals surface area contributed by atoms with Gasteiger partial charge in [-0.15, -0.1) is 0 Å². The van der Waals surface area contributed by atoms with Crippen molar-refractivity contribution in [1.29, 1.82) is 0 Å². The van der Waals surface area contributed by atoms with Crippen LogP contribution in [0.1, 0.15) is 5.56 Å². The normalized spacial score (nSPS) is 10.1. The van der Waals surface area contributed by atoms with Crippen LogP contribution in [0.15, 0.2) is 30.9 Å². The molecule has 0 unspecified atom stereocenters. The Bertz CT molecular complexity index is 552. The molecule has 0 aliphatic heterocycles. The van der Waals surface area contributed by atoms with Crippen molar-refractivity contribution in [2.75, 3.05) is 30.9 Å². The highest BCUT2D eigenvalue weighted by atomic mass is 16.2. The van der Waals surface area contributed by atoms with E-state index < -0.39 is 0 Å². The SMILES string of the molecule is CN(C)c1cncc(NC(=O)NCCc2cn[nH]c2)c1. The van der Waals surface area contributed by atoms with Crippen molar-refractivity contribution >= 4 is 17.4 Å². The molecule has 2 aromatic rings. The Balaban J connectivity index is 1.80. The van der Waals surface area contributed by atoms with Gasteiger partial charge in [-0.25, -0.2) is 4.79 Å². The molecule has 0 bridgehead atoms. The highest BCUT2D eigenvalue weighted by Gasteiger charge is 2.04. The van der Waals surface area contributed by atoms with Crippen molar-refractivity contribution in [2.45, 2.75) is 6.42 Å². The maximum Gasteiger partial charge on any atom is 0.319 e. The second-order valence-corrected chi connectivity index (χ2v) is 4.56. The zero-order chi connectivity index (χ0) is 14.4. The van der Waals surface area contributed by atoms with Gasteiger partial charge in [0.2, 0.25) is 0 Å².